The van der Waals surface area contributed by atoms with Gasteiger partial charge in [0.2, 0.25) is 0 Å². The van der Waals surface area contributed by atoms with Gasteiger partial charge >= 0.3 is 0 Å². The van der Waals surface area contributed by atoms with E-state index in [1.165, 1.54) is 6.92 Å². The molecular weight excluding hydrogens is 253 g/mol. The molecule has 2 aromatic carbocycles. The average molecular weight is 264 g/mol. The fraction of sp³-hybridized carbons (Fsp3) is 0.133. The Morgan fingerprint density at radius 1 is 1.00 bits per heavy atom. The fourth-order valence-corrected chi connectivity index (χ4v) is 1.92. The van der Waals surface area contributed by atoms with Gasteiger partial charge in [-0.1, -0.05) is 12.1 Å². The van der Waals surface area contributed by atoms with Gasteiger partial charge in [0.05, 0.1) is 0 Å². The molecule has 0 fully saturated rings. The summed E-state index contributed by atoms with van der Waals surface area (Å²) in [5, 5.41) is 0. The van der Waals surface area contributed by atoms with Crippen LogP contribution >= 0.6 is 0 Å². The Morgan fingerprint density at radius 3 is 2.05 bits per heavy atom. The Hall–Kier alpha value is -2.10. The number of halogens is 3. The van der Waals surface area contributed by atoms with Crippen molar-refractivity contribution in [3.63, 3.8) is 0 Å². The van der Waals surface area contributed by atoms with E-state index in [0.29, 0.717) is 16.7 Å². The van der Waals surface area contributed by atoms with Gasteiger partial charge in [0, 0.05) is 5.56 Å². The van der Waals surface area contributed by atoms with Gasteiger partial charge in [-0.2, -0.15) is 0 Å². The van der Waals surface area contributed by atoms with Gasteiger partial charge in [-0.25, -0.2) is 13.2 Å². The third-order valence-corrected chi connectivity index (χ3v) is 2.93. The quantitative estimate of drug-likeness (QED) is 0.584. The Morgan fingerprint density at radius 2 is 1.58 bits per heavy atom. The first kappa shape index (κ1) is 13.3. The number of carbonyl (C=O) groups excluding carboxylic acids is 1. The lowest BCUT2D eigenvalue weighted by atomic mass is 9.97. The largest absolute Gasteiger partial charge is 0.295 e. The van der Waals surface area contributed by atoms with Crippen molar-refractivity contribution in [2.75, 3.05) is 0 Å². The number of carbonyl (C=O) groups is 1. The van der Waals surface area contributed by atoms with Crippen molar-refractivity contribution < 1.29 is 18.0 Å². The predicted molar refractivity (Wildman–Crippen MR) is 66.5 cm³/mol. The van der Waals surface area contributed by atoms with Crippen LogP contribution in [-0.2, 0) is 0 Å². The SMILES string of the molecule is CC(=O)c1ccc(-c2cc(F)c(F)c(F)c2)c(C)c1. The Kier molecular flexibility index (Phi) is 3.42. The lowest BCUT2D eigenvalue weighted by molar-refractivity contribution is 0.101. The first-order chi connectivity index (χ1) is 8.90. The topological polar surface area (TPSA) is 17.1 Å². The van der Waals surface area contributed by atoms with E-state index < -0.39 is 17.5 Å². The standard InChI is InChI=1S/C15H11F3O/c1-8-5-10(9(2)19)3-4-12(8)11-6-13(16)15(18)14(17)7-11/h3-7H,1-2H3. The molecule has 4 heteroatoms. The highest BCUT2D eigenvalue weighted by atomic mass is 19.2. The van der Waals surface area contributed by atoms with E-state index in [2.05, 4.69) is 0 Å². The fourth-order valence-electron chi connectivity index (χ4n) is 1.92. The molecule has 0 atom stereocenters. The number of aryl methyl sites for hydroxylation is 1. The predicted octanol–water partition coefficient (Wildman–Crippen LogP) is 4.28. The van der Waals surface area contributed by atoms with Crippen LogP contribution in [0.15, 0.2) is 30.3 Å². The minimum absolute atomic E-state index is 0.0916. The van der Waals surface area contributed by atoms with Crippen molar-refractivity contribution in [1.29, 1.82) is 0 Å². The van der Waals surface area contributed by atoms with Gasteiger partial charge in [0.15, 0.2) is 23.2 Å². The molecule has 0 aliphatic carbocycles. The van der Waals surface area contributed by atoms with Crippen LogP contribution in [0.25, 0.3) is 11.1 Å². The number of rotatable bonds is 2. The number of hydrogen-bond donors (Lipinski definition) is 0. The smallest absolute Gasteiger partial charge is 0.194 e. The molecule has 0 saturated heterocycles. The van der Waals surface area contributed by atoms with Crippen LogP contribution in [0, 0.1) is 24.4 Å². The van der Waals surface area contributed by atoms with Gasteiger partial charge in [-0.05, 0) is 48.7 Å². The second-order valence-corrected chi connectivity index (χ2v) is 4.34. The molecule has 0 aliphatic heterocycles. The van der Waals surface area contributed by atoms with Gasteiger partial charge in [-0.15, -0.1) is 0 Å². The zero-order valence-corrected chi connectivity index (χ0v) is 10.4. The molecule has 1 nitrogen and oxygen atoms in total. The van der Waals surface area contributed by atoms with Gasteiger partial charge in [0.1, 0.15) is 0 Å². The summed E-state index contributed by atoms with van der Waals surface area (Å²) in [7, 11) is 0. The Bertz CT molecular complexity index is 639. The zero-order chi connectivity index (χ0) is 14.2. The molecule has 2 aromatic rings. The molecule has 0 N–H and O–H groups in total. The van der Waals surface area contributed by atoms with Crippen molar-refractivity contribution in [1.82, 2.24) is 0 Å². The zero-order valence-electron chi connectivity index (χ0n) is 10.4. The van der Waals surface area contributed by atoms with Crippen LogP contribution in [-0.4, -0.2) is 5.78 Å². The Labute approximate surface area is 108 Å². The molecule has 0 spiro atoms. The van der Waals surface area contributed by atoms with E-state index in [1.807, 2.05) is 0 Å². The molecule has 2 rings (SSSR count). The van der Waals surface area contributed by atoms with Crippen LogP contribution in [0.1, 0.15) is 22.8 Å². The summed E-state index contributed by atoms with van der Waals surface area (Å²) >= 11 is 0. The van der Waals surface area contributed by atoms with Crippen LogP contribution < -0.4 is 0 Å². The van der Waals surface area contributed by atoms with E-state index in [-0.39, 0.29) is 11.3 Å². The minimum Gasteiger partial charge on any atom is -0.295 e. The molecule has 19 heavy (non-hydrogen) atoms. The monoisotopic (exact) mass is 264 g/mol. The summed E-state index contributed by atoms with van der Waals surface area (Å²) in [6.45, 7) is 3.16. The lowest BCUT2D eigenvalue weighted by Gasteiger charge is -2.08. The van der Waals surface area contributed by atoms with E-state index in [9.17, 15) is 18.0 Å². The minimum atomic E-state index is -1.48. The van der Waals surface area contributed by atoms with Gasteiger partial charge in [0.25, 0.3) is 0 Å². The van der Waals surface area contributed by atoms with Crippen LogP contribution in [0.4, 0.5) is 13.2 Å². The molecular formula is C15H11F3O. The highest BCUT2D eigenvalue weighted by Crippen LogP contribution is 2.27. The summed E-state index contributed by atoms with van der Waals surface area (Å²) in [5.41, 5.74) is 2.01. The van der Waals surface area contributed by atoms with E-state index >= 15 is 0 Å². The van der Waals surface area contributed by atoms with Gasteiger partial charge in [-0.3, -0.25) is 4.79 Å². The van der Waals surface area contributed by atoms with Crippen LogP contribution in [0.3, 0.4) is 0 Å². The second kappa shape index (κ2) is 4.88. The summed E-state index contributed by atoms with van der Waals surface area (Å²) in [5.74, 6) is -4.04. The third kappa shape index (κ3) is 2.52. The highest BCUT2D eigenvalue weighted by Gasteiger charge is 2.13. The lowest BCUT2D eigenvalue weighted by Crippen LogP contribution is -1.96. The Balaban J connectivity index is 2.56. The maximum Gasteiger partial charge on any atom is 0.194 e. The maximum absolute atomic E-state index is 13.2. The molecule has 0 unspecified atom stereocenters. The number of benzene rings is 2. The van der Waals surface area contributed by atoms with Crippen LogP contribution in [0.5, 0.6) is 0 Å². The average Bonchev–Trinajstić information content (AvgIpc) is 2.35. The normalized spacial score (nSPS) is 10.6. The van der Waals surface area contributed by atoms with E-state index in [4.69, 9.17) is 0 Å². The molecule has 98 valence electrons. The van der Waals surface area contributed by atoms with Crippen molar-refractivity contribution >= 4 is 5.78 Å². The summed E-state index contributed by atoms with van der Waals surface area (Å²) in [6, 6.07) is 6.68. The highest BCUT2D eigenvalue weighted by molar-refractivity contribution is 5.95. The molecule has 0 heterocycles. The first-order valence-corrected chi connectivity index (χ1v) is 5.66. The van der Waals surface area contributed by atoms with Crippen molar-refractivity contribution in [2.24, 2.45) is 0 Å². The van der Waals surface area contributed by atoms with Crippen molar-refractivity contribution in [3.05, 3.63) is 58.9 Å². The van der Waals surface area contributed by atoms with Gasteiger partial charge < -0.3 is 0 Å². The van der Waals surface area contributed by atoms with E-state index in [1.54, 1.807) is 25.1 Å². The third-order valence-electron chi connectivity index (χ3n) is 2.93. The molecule has 0 bridgehead atoms. The van der Waals surface area contributed by atoms with Crippen molar-refractivity contribution in [3.8, 4) is 11.1 Å². The number of Topliss-reactive ketones (excluding diaryl/α,β-unsaturated/α-hetero) is 1. The maximum atomic E-state index is 13.2. The summed E-state index contributed by atoms with van der Waals surface area (Å²) in [6.07, 6.45) is 0. The second-order valence-electron chi connectivity index (χ2n) is 4.34. The first-order valence-electron chi connectivity index (χ1n) is 5.66. The molecule has 0 saturated carbocycles. The van der Waals surface area contributed by atoms with E-state index in [0.717, 1.165) is 12.1 Å². The number of hydrogen-bond acceptors (Lipinski definition) is 1. The molecule has 0 radical (unpaired) electrons. The molecule has 0 aromatic heterocycles. The summed E-state index contributed by atoms with van der Waals surface area (Å²) < 4.78 is 39.3. The van der Waals surface area contributed by atoms with Crippen LogP contribution in [0.2, 0.25) is 0 Å². The summed E-state index contributed by atoms with van der Waals surface area (Å²) in [4.78, 5) is 11.2. The van der Waals surface area contributed by atoms with Crippen molar-refractivity contribution in [2.45, 2.75) is 13.8 Å². The molecule has 0 amide bonds. The number of ketones is 1. The molecule has 0 aliphatic rings.